The van der Waals surface area contributed by atoms with Gasteiger partial charge in [-0.3, -0.25) is 9.59 Å². The van der Waals surface area contributed by atoms with Crippen molar-refractivity contribution < 1.29 is 14.3 Å². The van der Waals surface area contributed by atoms with Crippen molar-refractivity contribution in [2.75, 3.05) is 19.8 Å². The SMILES string of the molecule is O=C(NC1CC1)C1COCCN1C(=O)c1ccc(Br)cn1. The van der Waals surface area contributed by atoms with Crippen molar-refractivity contribution in [1.82, 2.24) is 15.2 Å². The number of amides is 2. The standard InChI is InChI=1S/C14H16BrN3O3/c15-9-1-4-11(16-7-9)14(20)18-5-6-21-8-12(18)13(19)17-10-2-3-10/h1,4,7,10,12H,2-3,5-6,8H2,(H,17,19). The van der Waals surface area contributed by atoms with Crippen LogP contribution in [0, 0.1) is 0 Å². The first kappa shape index (κ1) is 14.5. The molecule has 2 amide bonds. The highest BCUT2D eigenvalue weighted by Gasteiger charge is 2.36. The Morgan fingerprint density at radius 2 is 2.19 bits per heavy atom. The van der Waals surface area contributed by atoms with Gasteiger partial charge in [0.1, 0.15) is 11.7 Å². The highest BCUT2D eigenvalue weighted by atomic mass is 79.9. The summed E-state index contributed by atoms with van der Waals surface area (Å²) in [5.41, 5.74) is 0.337. The van der Waals surface area contributed by atoms with Crippen molar-refractivity contribution in [3.05, 3.63) is 28.5 Å². The number of aromatic nitrogens is 1. The molecular weight excluding hydrogens is 338 g/mol. The molecule has 1 unspecified atom stereocenters. The first-order valence-electron chi connectivity index (χ1n) is 6.96. The Morgan fingerprint density at radius 1 is 1.38 bits per heavy atom. The zero-order chi connectivity index (χ0) is 14.8. The summed E-state index contributed by atoms with van der Waals surface area (Å²) in [5, 5.41) is 2.93. The highest BCUT2D eigenvalue weighted by Crippen LogP contribution is 2.20. The van der Waals surface area contributed by atoms with Gasteiger partial charge in [0.05, 0.1) is 13.2 Å². The molecule has 6 nitrogen and oxygen atoms in total. The third-order valence-electron chi connectivity index (χ3n) is 3.56. The summed E-state index contributed by atoms with van der Waals surface area (Å²) >= 11 is 3.29. The zero-order valence-electron chi connectivity index (χ0n) is 11.4. The van der Waals surface area contributed by atoms with E-state index >= 15 is 0 Å². The molecule has 1 aromatic heterocycles. The van der Waals surface area contributed by atoms with Crippen molar-refractivity contribution in [2.24, 2.45) is 0 Å². The number of carbonyl (C=O) groups is 2. The number of halogens is 1. The molecule has 1 N–H and O–H groups in total. The lowest BCUT2D eigenvalue weighted by Gasteiger charge is -2.34. The minimum absolute atomic E-state index is 0.136. The number of hydrogen-bond donors (Lipinski definition) is 1. The Morgan fingerprint density at radius 3 is 2.86 bits per heavy atom. The van der Waals surface area contributed by atoms with Crippen molar-refractivity contribution in [1.29, 1.82) is 0 Å². The van der Waals surface area contributed by atoms with Gasteiger partial charge in [-0.1, -0.05) is 0 Å². The summed E-state index contributed by atoms with van der Waals surface area (Å²) in [4.78, 5) is 30.4. The smallest absolute Gasteiger partial charge is 0.273 e. The molecule has 1 saturated carbocycles. The molecule has 1 aromatic rings. The quantitative estimate of drug-likeness (QED) is 0.878. The number of nitrogens with zero attached hydrogens (tertiary/aromatic N) is 2. The summed E-state index contributed by atoms with van der Waals surface area (Å²) in [6.07, 6.45) is 3.61. The molecule has 1 atom stereocenters. The molecule has 2 heterocycles. The van der Waals surface area contributed by atoms with Gasteiger partial charge in [0.25, 0.3) is 5.91 Å². The average Bonchev–Trinajstić information content (AvgIpc) is 3.31. The minimum atomic E-state index is -0.572. The molecule has 0 bridgehead atoms. The number of ether oxygens (including phenoxy) is 1. The lowest BCUT2D eigenvalue weighted by atomic mass is 10.2. The van der Waals surface area contributed by atoms with E-state index in [4.69, 9.17) is 4.74 Å². The molecule has 1 aliphatic carbocycles. The van der Waals surface area contributed by atoms with Gasteiger partial charge in [0, 0.05) is 23.3 Å². The van der Waals surface area contributed by atoms with Gasteiger partial charge in [-0.2, -0.15) is 0 Å². The first-order chi connectivity index (χ1) is 10.1. The molecule has 1 saturated heterocycles. The van der Waals surface area contributed by atoms with Crippen molar-refractivity contribution in [3.8, 4) is 0 Å². The fourth-order valence-electron chi connectivity index (χ4n) is 2.24. The average molecular weight is 354 g/mol. The molecule has 21 heavy (non-hydrogen) atoms. The maximum absolute atomic E-state index is 12.5. The Kier molecular flexibility index (Phi) is 4.21. The molecule has 2 aliphatic rings. The first-order valence-corrected chi connectivity index (χ1v) is 7.75. The number of carbonyl (C=O) groups excluding carboxylic acids is 2. The van der Waals surface area contributed by atoms with Crippen LogP contribution in [-0.4, -0.2) is 53.5 Å². The molecule has 2 fully saturated rings. The van der Waals surface area contributed by atoms with Crippen LogP contribution in [0.25, 0.3) is 0 Å². The largest absolute Gasteiger partial charge is 0.377 e. The van der Waals surface area contributed by atoms with E-state index in [9.17, 15) is 9.59 Å². The van der Waals surface area contributed by atoms with E-state index in [0.717, 1.165) is 17.3 Å². The number of hydrogen-bond acceptors (Lipinski definition) is 4. The Labute approximate surface area is 131 Å². The molecule has 3 rings (SSSR count). The van der Waals surface area contributed by atoms with Crippen LogP contribution < -0.4 is 5.32 Å². The van der Waals surface area contributed by atoms with Crippen LogP contribution in [0.1, 0.15) is 23.3 Å². The summed E-state index contributed by atoms with van der Waals surface area (Å²) < 4.78 is 6.17. The van der Waals surface area contributed by atoms with E-state index in [1.54, 1.807) is 23.2 Å². The predicted molar refractivity (Wildman–Crippen MR) is 78.7 cm³/mol. The van der Waals surface area contributed by atoms with Crippen LogP contribution in [0.2, 0.25) is 0 Å². The van der Waals surface area contributed by atoms with Crippen molar-refractivity contribution in [3.63, 3.8) is 0 Å². The van der Waals surface area contributed by atoms with E-state index in [0.29, 0.717) is 18.8 Å². The number of morpholine rings is 1. The van der Waals surface area contributed by atoms with Crippen LogP contribution in [0.4, 0.5) is 0 Å². The molecule has 0 aromatic carbocycles. The Balaban J connectivity index is 1.74. The molecular formula is C14H16BrN3O3. The van der Waals surface area contributed by atoms with Crippen LogP contribution in [-0.2, 0) is 9.53 Å². The van der Waals surface area contributed by atoms with E-state index in [-0.39, 0.29) is 24.5 Å². The second-order valence-corrected chi connectivity index (χ2v) is 6.15. The molecule has 1 aliphatic heterocycles. The van der Waals surface area contributed by atoms with Gasteiger partial charge in [-0.25, -0.2) is 4.98 Å². The third kappa shape index (κ3) is 3.41. The molecule has 0 spiro atoms. The highest BCUT2D eigenvalue weighted by molar-refractivity contribution is 9.10. The van der Waals surface area contributed by atoms with Gasteiger partial charge in [-0.15, -0.1) is 0 Å². The predicted octanol–water partition coefficient (Wildman–Crippen LogP) is 0.964. The van der Waals surface area contributed by atoms with Gasteiger partial charge in [-0.05, 0) is 40.9 Å². The van der Waals surface area contributed by atoms with Crippen molar-refractivity contribution >= 4 is 27.7 Å². The maximum Gasteiger partial charge on any atom is 0.273 e. The number of rotatable bonds is 3. The van der Waals surface area contributed by atoms with Gasteiger partial charge >= 0.3 is 0 Å². The second-order valence-electron chi connectivity index (χ2n) is 5.23. The molecule has 7 heteroatoms. The fourth-order valence-corrected chi connectivity index (χ4v) is 2.47. The van der Waals surface area contributed by atoms with E-state index in [2.05, 4.69) is 26.2 Å². The summed E-state index contributed by atoms with van der Waals surface area (Å²) in [6, 6.07) is 3.11. The molecule has 0 radical (unpaired) electrons. The monoisotopic (exact) mass is 353 g/mol. The third-order valence-corrected chi connectivity index (χ3v) is 4.03. The van der Waals surface area contributed by atoms with Crippen LogP contribution in [0.3, 0.4) is 0 Å². The zero-order valence-corrected chi connectivity index (χ0v) is 13.0. The van der Waals surface area contributed by atoms with Crippen LogP contribution in [0.15, 0.2) is 22.8 Å². The van der Waals surface area contributed by atoms with Gasteiger partial charge < -0.3 is 15.0 Å². The van der Waals surface area contributed by atoms with Gasteiger partial charge in [0.15, 0.2) is 0 Å². The van der Waals surface area contributed by atoms with Crippen LogP contribution >= 0.6 is 15.9 Å². The summed E-state index contributed by atoms with van der Waals surface area (Å²) in [6.45, 7) is 1.08. The van der Waals surface area contributed by atoms with Gasteiger partial charge in [0.2, 0.25) is 5.91 Å². The topological polar surface area (TPSA) is 71.5 Å². The van der Waals surface area contributed by atoms with E-state index < -0.39 is 6.04 Å². The maximum atomic E-state index is 12.5. The number of pyridine rings is 1. The Bertz CT molecular complexity index is 545. The van der Waals surface area contributed by atoms with Crippen molar-refractivity contribution in [2.45, 2.75) is 24.9 Å². The van der Waals surface area contributed by atoms with Crippen LogP contribution in [0.5, 0.6) is 0 Å². The Hall–Kier alpha value is -1.47. The number of nitrogens with one attached hydrogen (secondary N) is 1. The summed E-state index contributed by atoms with van der Waals surface area (Å²) in [7, 11) is 0. The summed E-state index contributed by atoms with van der Waals surface area (Å²) in [5.74, 6) is -0.371. The lowest BCUT2D eigenvalue weighted by Crippen LogP contribution is -2.56. The lowest BCUT2D eigenvalue weighted by molar-refractivity contribution is -0.130. The fraction of sp³-hybridized carbons (Fsp3) is 0.500. The second kappa shape index (κ2) is 6.11. The van der Waals surface area contributed by atoms with E-state index in [1.165, 1.54) is 0 Å². The molecule has 112 valence electrons. The van der Waals surface area contributed by atoms with E-state index in [1.807, 2.05) is 0 Å². The minimum Gasteiger partial charge on any atom is -0.377 e. The normalized spacial score (nSPS) is 22.0.